The van der Waals surface area contributed by atoms with Crippen molar-refractivity contribution < 1.29 is 14.6 Å². The number of thiophene rings is 1. The highest BCUT2D eigenvalue weighted by molar-refractivity contribution is 7.14. The largest absolute Gasteiger partial charge is 0.395 e. The molecule has 0 aromatic carbocycles. The molecule has 0 aliphatic heterocycles. The number of carbonyl (C=O) groups excluding carboxylic acids is 1. The van der Waals surface area contributed by atoms with Crippen LogP contribution in [0.15, 0.2) is 6.07 Å². The van der Waals surface area contributed by atoms with Crippen molar-refractivity contribution in [3.63, 3.8) is 0 Å². The maximum atomic E-state index is 12.4. The molecule has 5 heteroatoms. The van der Waals surface area contributed by atoms with Gasteiger partial charge in [0.05, 0.1) is 18.1 Å². The predicted molar refractivity (Wildman–Crippen MR) is 77.9 cm³/mol. The van der Waals surface area contributed by atoms with Crippen LogP contribution in [0, 0.1) is 6.92 Å². The molecule has 0 aliphatic rings. The first kappa shape index (κ1) is 16.1. The van der Waals surface area contributed by atoms with Crippen molar-refractivity contribution in [3.05, 3.63) is 21.4 Å². The van der Waals surface area contributed by atoms with Gasteiger partial charge in [-0.1, -0.05) is 13.3 Å². The Balaban J connectivity index is 2.80. The summed E-state index contributed by atoms with van der Waals surface area (Å²) in [5.74, 6) is -0.0125. The molecular weight excluding hydrogens is 262 g/mol. The van der Waals surface area contributed by atoms with Gasteiger partial charge in [0, 0.05) is 25.1 Å². The lowest BCUT2D eigenvalue weighted by atomic mass is 10.1. The summed E-state index contributed by atoms with van der Waals surface area (Å²) in [6.45, 7) is 5.50. The van der Waals surface area contributed by atoms with E-state index in [4.69, 9.17) is 9.84 Å². The Kier molecular flexibility index (Phi) is 7.05. The van der Waals surface area contributed by atoms with Gasteiger partial charge in [0.2, 0.25) is 0 Å². The number of amides is 1. The number of aliphatic hydroxyl groups excluding tert-OH is 1. The van der Waals surface area contributed by atoms with E-state index in [0.29, 0.717) is 19.7 Å². The maximum absolute atomic E-state index is 12.4. The molecule has 0 saturated carbocycles. The van der Waals surface area contributed by atoms with Crippen molar-refractivity contribution in [2.75, 3.05) is 33.4 Å². The Labute approximate surface area is 119 Å². The lowest BCUT2D eigenvalue weighted by molar-refractivity contribution is 0.0661. The summed E-state index contributed by atoms with van der Waals surface area (Å²) >= 11 is 1.54. The Hall–Kier alpha value is -0.910. The molecule has 1 heterocycles. The summed E-state index contributed by atoms with van der Waals surface area (Å²) < 4.78 is 5.00. The van der Waals surface area contributed by atoms with Crippen molar-refractivity contribution in [3.8, 4) is 0 Å². The third kappa shape index (κ3) is 4.60. The van der Waals surface area contributed by atoms with Crippen molar-refractivity contribution in [1.82, 2.24) is 4.90 Å². The monoisotopic (exact) mass is 285 g/mol. The zero-order valence-corrected chi connectivity index (χ0v) is 12.8. The summed E-state index contributed by atoms with van der Waals surface area (Å²) in [6.07, 6.45) is 2.09. The van der Waals surface area contributed by atoms with Crippen LogP contribution in [0.1, 0.15) is 33.5 Å². The molecule has 0 unspecified atom stereocenters. The molecule has 0 atom stereocenters. The number of nitrogens with zero attached hydrogens (tertiary/aromatic N) is 1. The average molecular weight is 285 g/mol. The van der Waals surface area contributed by atoms with Crippen LogP contribution in [0.3, 0.4) is 0 Å². The van der Waals surface area contributed by atoms with Gasteiger partial charge in [0.1, 0.15) is 0 Å². The van der Waals surface area contributed by atoms with Crippen LogP contribution in [0.25, 0.3) is 0 Å². The second kappa shape index (κ2) is 8.30. The molecule has 0 radical (unpaired) electrons. The fourth-order valence-corrected chi connectivity index (χ4v) is 2.98. The minimum atomic E-state index is -0.0262. The lowest BCUT2D eigenvalue weighted by Crippen LogP contribution is -2.35. The number of carbonyl (C=O) groups is 1. The molecule has 0 saturated heterocycles. The maximum Gasteiger partial charge on any atom is 0.264 e. The quantitative estimate of drug-likeness (QED) is 0.795. The fraction of sp³-hybridized carbons (Fsp3) is 0.643. The van der Waals surface area contributed by atoms with Crippen molar-refractivity contribution in [2.24, 2.45) is 0 Å². The third-order valence-corrected chi connectivity index (χ3v) is 4.05. The molecule has 0 aliphatic carbocycles. The highest BCUT2D eigenvalue weighted by Crippen LogP contribution is 2.24. The fourth-order valence-electron chi connectivity index (χ4n) is 1.94. The molecule has 4 nitrogen and oxygen atoms in total. The van der Waals surface area contributed by atoms with Gasteiger partial charge in [0.15, 0.2) is 0 Å². The highest BCUT2D eigenvalue weighted by Gasteiger charge is 2.18. The van der Waals surface area contributed by atoms with Gasteiger partial charge >= 0.3 is 0 Å². The van der Waals surface area contributed by atoms with E-state index in [9.17, 15) is 4.79 Å². The zero-order valence-electron chi connectivity index (χ0n) is 11.9. The van der Waals surface area contributed by atoms with Gasteiger partial charge in [0.25, 0.3) is 5.91 Å². The summed E-state index contributed by atoms with van der Waals surface area (Å²) in [4.78, 5) is 16.0. The Bertz CT molecular complexity index is 403. The third-order valence-electron chi connectivity index (χ3n) is 2.97. The lowest BCUT2D eigenvalue weighted by Gasteiger charge is -2.20. The standard InChI is InChI=1S/C14H23NO3S/c1-4-5-12-10-13(19-11(12)2)14(17)15(6-8-16)7-9-18-3/h10,16H,4-9H2,1-3H3. The first-order chi connectivity index (χ1) is 9.13. The minimum Gasteiger partial charge on any atom is -0.395 e. The van der Waals surface area contributed by atoms with E-state index < -0.39 is 0 Å². The Morgan fingerprint density at radius 3 is 2.79 bits per heavy atom. The van der Waals surface area contributed by atoms with Gasteiger partial charge in [-0.05, 0) is 25.0 Å². The van der Waals surface area contributed by atoms with Crippen LogP contribution < -0.4 is 0 Å². The van der Waals surface area contributed by atoms with Crippen LogP contribution in [0.2, 0.25) is 0 Å². The summed E-state index contributed by atoms with van der Waals surface area (Å²) in [5.41, 5.74) is 1.26. The van der Waals surface area contributed by atoms with E-state index in [0.717, 1.165) is 17.7 Å². The first-order valence-electron chi connectivity index (χ1n) is 6.62. The zero-order chi connectivity index (χ0) is 14.3. The number of hydrogen-bond acceptors (Lipinski definition) is 4. The number of aryl methyl sites for hydroxylation is 2. The molecule has 1 rings (SSSR count). The SMILES string of the molecule is CCCc1cc(C(=O)N(CCO)CCOC)sc1C. The van der Waals surface area contributed by atoms with Crippen molar-refractivity contribution in [1.29, 1.82) is 0 Å². The van der Waals surface area contributed by atoms with E-state index in [1.807, 2.05) is 6.07 Å². The average Bonchev–Trinajstić information content (AvgIpc) is 2.76. The molecule has 0 fully saturated rings. The first-order valence-corrected chi connectivity index (χ1v) is 7.44. The summed E-state index contributed by atoms with van der Waals surface area (Å²) in [7, 11) is 1.61. The topological polar surface area (TPSA) is 49.8 Å². The van der Waals surface area contributed by atoms with Crippen LogP contribution in [-0.2, 0) is 11.2 Å². The van der Waals surface area contributed by atoms with E-state index in [-0.39, 0.29) is 12.5 Å². The van der Waals surface area contributed by atoms with E-state index in [1.165, 1.54) is 21.8 Å². The molecule has 1 amide bonds. The van der Waals surface area contributed by atoms with Gasteiger partial charge in [-0.15, -0.1) is 11.3 Å². The molecule has 0 bridgehead atoms. The van der Waals surface area contributed by atoms with Crippen molar-refractivity contribution in [2.45, 2.75) is 26.7 Å². The van der Waals surface area contributed by atoms with Crippen LogP contribution in [0.4, 0.5) is 0 Å². The number of hydrogen-bond donors (Lipinski definition) is 1. The second-order valence-electron chi connectivity index (χ2n) is 4.45. The summed E-state index contributed by atoms with van der Waals surface area (Å²) in [6, 6.07) is 1.99. The van der Waals surface area contributed by atoms with Gasteiger partial charge < -0.3 is 14.7 Å². The number of rotatable bonds is 8. The van der Waals surface area contributed by atoms with Gasteiger partial charge in [-0.3, -0.25) is 4.79 Å². The van der Waals surface area contributed by atoms with E-state index in [1.54, 1.807) is 12.0 Å². The second-order valence-corrected chi connectivity index (χ2v) is 5.71. The van der Waals surface area contributed by atoms with Gasteiger partial charge in [-0.25, -0.2) is 0 Å². The number of aliphatic hydroxyl groups is 1. The Morgan fingerprint density at radius 1 is 1.47 bits per heavy atom. The molecular formula is C14H23NO3S. The van der Waals surface area contributed by atoms with Crippen LogP contribution in [-0.4, -0.2) is 49.3 Å². The predicted octanol–water partition coefficient (Wildman–Crippen LogP) is 2.09. The van der Waals surface area contributed by atoms with Crippen LogP contribution in [0.5, 0.6) is 0 Å². The minimum absolute atomic E-state index is 0.0125. The van der Waals surface area contributed by atoms with Crippen LogP contribution >= 0.6 is 11.3 Å². The number of methoxy groups -OCH3 is 1. The van der Waals surface area contributed by atoms with Gasteiger partial charge in [-0.2, -0.15) is 0 Å². The normalized spacial score (nSPS) is 10.7. The molecule has 0 spiro atoms. The molecule has 108 valence electrons. The number of ether oxygens (including phenoxy) is 1. The molecule has 1 N–H and O–H groups in total. The van der Waals surface area contributed by atoms with E-state index in [2.05, 4.69) is 13.8 Å². The highest BCUT2D eigenvalue weighted by atomic mass is 32.1. The van der Waals surface area contributed by atoms with Crippen molar-refractivity contribution >= 4 is 17.2 Å². The molecule has 1 aromatic heterocycles. The molecule has 1 aromatic rings. The molecule has 19 heavy (non-hydrogen) atoms. The van der Waals surface area contributed by atoms with E-state index >= 15 is 0 Å². The Morgan fingerprint density at radius 2 is 2.21 bits per heavy atom. The summed E-state index contributed by atoms with van der Waals surface area (Å²) in [5, 5.41) is 9.04. The smallest absolute Gasteiger partial charge is 0.264 e.